The number of amides is 1. The number of benzene rings is 1. The normalized spacial score (nSPS) is 18.9. The predicted molar refractivity (Wildman–Crippen MR) is 75.7 cm³/mol. The van der Waals surface area contributed by atoms with E-state index in [1.165, 1.54) is 0 Å². The van der Waals surface area contributed by atoms with Crippen LogP contribution < -0.4 is 10.5 Å². The van der Waals surface area contributed by atoms with Gasteiger partial charge < -0.3 is 10.5 Å². The number of hydrogen-bond acceptors (Lipinski definition) is 4. The molecule has 1 aromatic rings. The van der Waals surface area contributed by atoms with Crippen LogP contribution in [0.4, 0.5) is 0 Å². The van der Waals surface area contributed by atoms with Crippen molar-refractivity contribution in [2.75, 3.05) is 26.2 Å². The van der Waals surface area contributed by atoms with Crippen molar-refractivity contribution in [1.29, 1.82) is 0 Å². The van der Waals surface area contributed by atoms with E-state index in [4.69, 9.17) is 10.5 Å². The lowest BCUT2D eigenvalue weighted by atomic mass is 10.1. The molecule has 5 nitrogen and oxygen atoms in total. The third kappa shape index (κ3) is 3.57. The first-order chi connectivity index (χ1) is 9.60. The molecule has 1 amide bonds. The summed E-state index contributed by atoms with van der Waals surface area (Å²) in [6.07, 6.45) is 0.742. The number of ether oxygens (including phenoxy) is 1. The summed E-state index contributed by atoms with van der Waals surface area (Å²) >= 11 is 0. The maximum absolute atomic E-state index is 12.1. The summed E-state index contributed by atoms with van der Waals surface area (Å²) in [5, 5.41) is 0. The number of hydrogen-bond donors (Lipinski definition) is 1. The summed E-state index contributed by atoms with van der Waals surface area (Å²) in [7, 11) is 0. The van der Waals surface area contributed by atoms with Crippen LogP contribution >= 0.6 is 0 Å². The fraction of sp³-hybridized carbons (Fsp3) is 0.467. The molecule has 0 saturated carbocycles. The molecule has 1 saturated heterocycles. The van der Waals surface area contributed by atoms with Crippen LogP contribution in [-0.4, -0.2) is 42.8 Å². The smallest absolute Gasteiger partial charge is 0.221 e. The molecule has 0 aliphatic carbocycles. The number of carbonyl (C=O) groups excluding carboxylic acids is 2. The lowest BCUT2D eigenvalue weighted by Gasteiger charge is -2.14. The molecule has 1 fully saturated rings. The standard InChI is InChI=1S/C15H20N2O3/c1-2-20-13-5-3-11(4-6-13)14(18)10-17-8-7-12(9-17)15(16)19/h3-6,12H,2,7-10H2,1H3,(H2,16,19). The Balaban J connectivity index is 1.90. The van der Waals surface area contributed by atoms with Gasteiger partial charge in [-0.3, -0.25) is 14.5 Å². The predicted octanol–water partition coefficient (Wildman–Crippen LogP) is 1.08. The van der Waals surface area contributed by atoms with Gasteiger partial charge in [0.25, 0.3) is 0 Å². The topological polar surface area (TPSA) is 72.6 Å². The summed E-state index contributed by atoms with van der Waals surface area (Å²) in [5.74, 6) is 0.418. The Morgan fingerprint density at radius 1 is 1.35 bits per heavy atom. The fourth-order valence-electron chi connectivity index (χ4n) is 2.41. The molecule has 2 N–H and O–H groups in total. The van der Waals surface area contributed by atoms with Crippen molar-refractivity contribution in [3.8, 4) is 5.75 Å². The van der Waals surface area contributed by atoms with Crippen LogP contribution in [0.3, 0.4) is 0 Å². The van der Waals surface area contributed by atoms with Crippen molar-refractivity contribution in [1.82, 2.24) is 4.90 Å². The minimum absolute atomic E-state index is 0.0539. The molecule has 0 spiro atoms. The average Bonchev–Trinajstić information content (AvgIpc) is 2.88. The van der Waals surface area contributed by atoms with E-state index in [1.54, 1.807) is 24.3 Å². The second-order valence-electron chi connectivity index (χ2n) is 5.00. The first-order valence-electron chi connectivity index (χ1n) is 6.88. The molecule has 0 radical (unpaired) electrons. The molecule has 0 aromatic heterocycles. The zero-order valence-corrected chi connectivity index (χ0v) is 11.7. The number of rotatable bonds is 6. The lowest BCUT2D eigenvalue weighted by molar-refractivity contribution is -0.121. The largest absolute Gasteiger partial charge is 0.494 e. The van der Waals surface area contributed by atoms with E-state index >= 15 is 0 Å². The molecule has 1 heterocycles. The molecule has 0 bridgehead atoms. The van der Waals surface area contributed by atoms with E-state index < -0.39 is 0 Å². The van der Waals surface area contributed by atoms with Crippen LogP contribution in [0.15, 0.2) is 24.3 Å². The first-order valence-corrected chi connectivity index (χ1v) is 6.88. The number of nitrogens with two attached hydrogens (primary N) is 1. The number of ketones is 1. The molecule has 1 aliphatic rings. The van der Waals surface area contributed by atoms with E-state index in [2.05, 4.69) is 0 Å². The lowest BCUT2D eigenvalue weighted by Crippen LogP contribution is -2.31. The molecule has 1 unspecified atom stereocenters. The summed E-state index contributed by atoms with van der Waals surface area (Å²) in [5.41, 5.74) is 5.95. The van der Waals surface area contributed by atoms with Gasteiger partial charge in [0, 0.05) is 12.1 Å². The van der Waals surface area contributed by atoms with Gasteiger partial charge in [-0.1, -0.05) is 0 Å². The van der Waals surface area contributed by atoms with Crippen molar-refractivity contribution in [3.05, 3.63) is 29.8 Å². The van der Waals surface area contributed by atoms with Gasteiger partial charge >= 0.3 is 0 Å². The number of likely N-dealkylation sites (tertiary alicyclic amines) is 1. The molecule has 108 valence electrons. The number of Topliss-reactive ketones (excluding diaryl/α,β-unsaturated/α-hetero) is 1. The average molecular weight is 276 g/mol. The first kappa shape index (κ1) is 14.5. The van der Waals surface area contributed by atoms with Gasteiger partial charge in [-0.2, -0.15) is 0 Å². The Morgan fingerprint density at radius 2 is 2.05 bits per heavy atom. The molecule has 1 aliphatic heterocycles. The van der Waals surface area contributed by atoms with E-state index in [9.17, 15) is 9.59 Å². The number of primary amides is 1. The van der Waals surface area contributed by atoms with E-state index in [1.807, 2.05) is 11.8 Å². The van der Waals surface area contributed by atoms with Gasteiger partial charge in [-0.15, -0.1) is 0 Å². The number of carbonyl (C=O) groups is 2. The van der Waals surface area contributed by atoms with Crippen LogP contribution in [0.2, 0.25) is 0 Å². The van der Waals surface area contributed by atoms with Crippen LogP contribution in [0, 0.1) is 5.92 Å². The van der Waals surface area contributed by atoms with Gasteiger partial charge in [0.1, 0.15) is 5.75 Å². The summed E-state index contributed by atoms with van der Waals surface area (Å²) in [4.78, 5) is 25.2. The third-order valence-electron chi connectivity index (χ3n) is 3.53. The van der Waals surface area contributed by atoms with Crippen molar-refractivity contribution >= 4 is 11.7 Å². The monoisotopic (exact) mass is 276 g/mol. The Labute approximate surface area is 118 Å². The second-order valence-corrected chi connectivity index (χ2v) is 5.00. The van der Waals surface area contributed by atoms with E-state index in [0.717, 1.165) is 18.7 Å². The van der Waals surface area contributed by atoms with Gasteiger partial charge in [0.2, 0.25) is 5.91 Å². The van der Waals surface area contributed by atoms with Crippen LogP contribution in [0.5, 0.6) is 5.75 Å². The Morgan fingerprint density at radius 3 is 2.60 bits per heavy atom. The van der Waals surface area contributed by atoms with Gasteiger partial charge in [0.05, 0.1) is 19.1 Å². The highest BCUT2D eigenvalue weighted by Gasteiger charge is 2.27. The molecule has 20 heavy (non-hydrogen) atoms. The summed E-state index contributed by atoms with van der Waals surface area (Å²) in [6.45, 7) is 4.18. The van der Waals surface area contributed by atoms with Crippen LogP contribution in [0.1, 0.15) is 23.7 Å². The quantitative estimate of drug-likeness (QED) is 0.789. The highest BCUT2D eigenvalue weighted by Crippen LogP contribution is 2.17. The fourth-order valence-corrected chi connectivity index (χ4v) is 2.41. The minimum Gasteiger partial charge on any atom is -0.494 e. The van der Waals surface area contributed by atoms with E-state index in [-0.39, 0.29) is 17.6 Å². The molecule has 2 rings (SSSR count). The molecule has 1 aromatic carbocycles. The minimum atomic E-state index is -0.277. The van der Waals surface area contributed by atoms with Crippen molar-refractivity contribution < 1.29 is 14.3 Å². The SMILES string of the molecule is CCOc1ccc(C(=O)CN2CCC(C(N)=O)C2)cc1. The maximum Gasteiger partial charge on any atom is 0.221 e. The van der Waals surface area contributed by atoms with Crippen LogP contribution in [0.25, 0.3) is 0 Å². The molecule has 1 atom stereocenters. The van der Waals surface area contributed by atoms with Gasteiger partial charge in [-0.25, -0.2) is 0 Å². The Kier molecular flexibility index (Phi) is 4.74. The summed E-state index contributed by atoms with van der Waals surface area (Å²) in [6, 6.07) is 7.14. The zero-order valence-electron chi connectivity index (χ0n) is 11.7. The molecule has 5 heteroatoms. The van der Waals surface area contributed by atoms with Gasteiger partial charge in [0.15, 0.2) is 5.78 Å². The summed E-state index contributed by atoms with van der Waals surface area (Å²) < 4.78 is 5.34. The third-order valence-corrected chi connectivity index (χ3v) is 3.53. The van der Waals surface area contributed by atoms with Crippen molar-refractivity contribution in [3.63, 3.8) is 0 Å². The van der Waals surface area contributed by atoms with Gasteiger partial charge in [-0.05, 0) is 44.2 Å². The molecular weight excluding hydrogens is 256 g/mol. The second kappa shape index (κ2) is 6.52. The van der Waals surface area contributed by atoms with Crippen LogP contribution in [-0.2, 0) is 4.79 Å². The Bertz CT molecular complexity index is 484. The zero-order chi connectivity index (χ0) is 14.5. The van der Waals surface area contributed by atoms with E-state index in [0.29, 0.717) is 25.3 Å². The molecular formula is C15H20N2O3. The Hall–Kier alpha value is -1.88. The van der Waals surface area contributed by atoms with Crippen molar-refractivity contribution in [2.24, 2.45) is 11.7 Å². The maximum atomic E-state index is 12.1. The van der Waals surface area contributed by atoms with Crippen molar-refractivity contribution in [2.45, 2.75) is 13.3 Å². The highest BCUT2D eigenvalue weighted by molar-refractivity contribution is 5.97. The highest BCUT2D eigenvalue weighted by atomic mass is 16.5. The number of nitrogens with zero attached hydrogens (tertiary/aromatic N) is 1.